The Bertz CT molecular complexity index is 1300. The fourth-order valence-corrected chi connectivity index (χ4v) is 3.38. The van der Waals surface area contributed by atoms with Crippen molar-refractivity contribution in [2.75, 3.05) is 24.4 Å². The second-order valence-electron chi connectivity index (χ2n) is 7.37. The van der Waals surface area contributed by atoms with Gasteiger partial charge in [-0.3, -0.25) is 9.59 Å². The number of benzene rings is 3. The maximum atomic E-state index is 12.5. The topological polar surface area (TPSA) is 100 Å². The third-order valence-corrected chi connectivity index (χ3v) is 5.25. The van der Waals surface area contributed by atoms with Crippen LogP contribution in [0, 0.1) is 18.3 Å². The quantitative estimate of drug-likeness (QED) is 0.292. The lowest BCUT2D eigenvalue weighted by atomic mass is 10.1. The number of carbonyl (C=O) groups is 2. The minimum atomic E-state index is -0.564. The Morgan fingerprint density at radius 2 is 1.63 bits per heavy atom. The Morgan fingerprint density at radius 1 is 1.00 bits per heavy atom. The average molecular weight is 510 g/mol. The molecule has 35 heavy (non-hydrogen) atoms. The highest BCUT2D eigenvalue weighted by Crippen LogP contribution is 2.37. The number of hydrogen-bond donors (Lipinski definition) is 2. The third-order valence-electron chi connectivity index (χ3n) is 4.71. The summed E-state index contributed by atoms with van der Waals surface area (Å²) in [4.78, 5) is 24.8. The van der Waals surface area contributed by atoms with Crippen molar-refractivity contribution in [3.8, 4) is 17.6 Å². The van der Waals surface area contributed by atoms with Crippen LogP contribution in [0.3, 0.4) is 0 Å². The first-order valence-corrected chi connectivity index (χ1v) is 11.1. The van der Waals surface area contributed by atoms with E-state index in [1.165, 1.54) is 19.3 Å². The van der Waals surface area contributed by atoms with E-state index in [1.54, 1.807) is 42.5 Å². The monoisotopic (exact) mass is 509 g/mol. The number of ether oxygens (including phenoxy) is 2. The lowest BCUT2D eigenvalue weighted by Crippen LogP contribution is -2.20. The van der Waals surface area contributed by atoms with E-state index in [0.717, 1.165) is 5.56 Å². The minimum absolute atomic E-state index is 0.125. The second kappa shape index (κ2) is 11.9. The number of anilines is 2. The Hall–Kier alpha value is -3.99. The zero-order chi connectivity index (χ0) is 25.4. The summed E-state index contributed by atoms with van der Waals surface area (Å²) in [6.07, 6.45) is 1.38. The van der Waals surface area contributed by atoms with Crippen LogP contribution >= 0.6 is 23.2 Å². The molecule has 0 aliphatic carbocycles. The van der Waals surface area contributed by atoms with Gasteiger partial charge in [-0.15, -0.1) is 0 Å². The summed E-state index contributed by atoms with van der Waals surface area (Å²) >= 11 is 12.2. The van der Waals surface area contributed by atoms with Crippen molar-refractivity contribution >= 4 is 52.5 Å². The van der Waals surface area contributed by atoms with Crippen LogP contribution in [0.2, 0.25) is 10.0 Å². The molecule has 0 saturated heterocycles. The van der Waals surface area contributed by atoms with Gasteiger partial charge in [0.15, 0.2) is 18.1 Å². The maximum Gasteiger partial charge on any atom is 0.266 e. The zero-order valence-electron chi connectivity index (χ0n) is 18.9. The highest BCUT2D eigenvalue weighted by Gasteiger charge is 2.16. The van der Waals surface area contributed by atoms with Gasteiger partial charge < -0.3 is 20.1 Å². The standard InChI is InChI=1S/C26H21Cl2N3O4/c1-16-3-7-21(8-4-16)31-26(33)18(14-29)11-17-12-22(28)25(23(13-17)34-2)35-15-24(32)30-20-9-5-19(27)6-10-20/h3-13H,15H2,1-2H3,(H,30,32)(H,31,33)/b18-11+. The van der Waals surface area contributed by atoms with E-state index >= 15 is 0 Å². The molecule has 3 aromatic carbocycles. The Labute approximate surface area is 212 Å². The maximum absolute atomic E-state index is 12.5. The van der Waals surface area contributed by atoms with Gasteiger partial charge in [0.1, 0.15) is 11.6 Å². The van der Waals surface area contributed by atoms with Crippen LogP contribution in [-0.2, 0) is 9.59 Å². The van der Waals surface area contributed by atoms with E-state index in [2.05, 4.69) is 10.6 Å². The van der Waals surface area contributed by atoms with Gasteiger partial charge in [-0.25, -0.2) is 0 Å². The second-order valence-corrected chi connectivity index (χ2v) is 8.21. The predicted molar refractivity (Wildman–Crippen MR) is 137 cm³/mol. The van der Waals surface area contributed by atoms with Gasteiger partial charge in [0.2, 0.25) is 0 Å². The summed E-state index contributed by atoms with van der Waals surface area (Å²) in [5, 5.41) is 15.6. The van der Waals surface area contributed by atoms with E-state index in [1.807, 2.05) is 25.1 Å². The van der Waals surface area contributed by atoms with Crippen LogP contribution in [0.5, 0.6) is 11.5 Å². The summed E-state index contributed by atoms with van der Waals surface area (Å²) in [5.74, 6) is -0.584. The van der Waals surface area contributed by atoms with E-state index in [4.69, 9.17) is 32.7 Å². The molecule has 0 fully saturated rings. The van der Waals surface area contributed by atoms with Gasteiger partial charge in [-0.2, -0.15) is 5.26 Å². The Kier molecular flexibility index (Phi) is 8.74. The molecule has 0 aromatic heterocycles. The van der Waals surface area contributed by atoms with Gasteiger partial charge >= 0.3 is 0 Å². The van der Waals surface area contributed by atoms with Crippen molar-refractivity contribution in [1.29, 1.82) is 5.26 Å². The number of nitriles is 1. The smallest absolute Gasteiger partial charge is 0.266 e. The van der Waals surface area contributed by atoms with Crippen LogP contribution in [0.1, 0.15) is 11.1 Å². The SMILES string of the molecule is COc1cc(/C=C(\C#N)C(=O)Nc2ccc(C)cc2)cc(Cl)c1OCC(=O)Nc1ccc(Cl)cc1. The molecule has 0 atom stereocenters. The number of halogens is 2. The first kappa shape index (κ1) is 25.6. The number of nitrogens with zero attached hydrogens (tertiary/aromatic N) is 1. The lowest BCUT2D eigenvalue weighted by molar-refractivity contribution is -0.118. The Balaban J connectivity index is 1.72. The molecule has 178 valence electrons. The molecule has 0 unspecified atom stereocenters. The fraction of sp³-hybridized carbons (Fsp3) is 0.115. The third kappa shape index (κ3) is 7.24. The molecule has 3 aromatic rings. The molecule has 0 bridgehead atoms. The van der Waals surface area contributed by atoms with Crippen LogP contribution < -0.4 is 20.1 Å². The van der Waals surface area contributed by atoms with Gasteiger partial charge in [-0.1, -0.05) is 40.9 Å². The van der Waals surface area contributed by atoms with Crippen LogP contribution in [0.25, 0.3) is 6.08 Å². The Morgan fingerprint density at radius 3 is 2.26 bits per heavy atom. The van der Waals surface area contributed by atoms with Gasteiger partial charge in [0.25, 0.3) is 11.8 Å². The number of carbonyl (C=O) groups excluding carboxylic acids is 2. The average Bonchev–Trinajstić information content (AvgIpc) is 2.84. The number of nitrogens with one attached hydrogen (secondary N) is 2. The molecule has 0 aliphatic rings. The first-order valence-electron chi connectivity index (χ1n) is 10.3. The number of methoxy groups -OCH3 is 1. The van der Waals surface area contributed by atoms with Crippen molar-refractivity contribution in [1.82, 2.24) is 0 Å². The predicted octanol–water partition coefficient (Wildman–Crippen LogP) is 5.87. The minimum Gasteiger partial charge on any atom is -0.493 e. The molecule has 9 heteroatoms. The van der Waals surface area contributed by atoms with Gasteiger partial charge in [-0.05, 0) is 67.1 Å². The number of aryl methyl sites for hydroxylation is 1. The molecular weight excluding hydrogens is 489 g/mol. The largest absolute Gasteiger partial charge is 0.493 e. The van der Waals surface area contributed by atoms with Crippen molar-refractivity contribution < 1.29 is 19.1 Å². The van der Waals surface area contributed by atoms with E-state index < -0.39 is 11.8 Å². The molecule has 3 rings (SSSR count). The molecule has 0 aliphatic heterocycles. The van der Waals surface area contributed by atoms with Crippen molar-refractivity contribution in [2.24, 2.45) is 0 Å². The summed E-state index contributed by atoms with van der Waals surface area (Å²) < 4.78 is 10.9. The highest BCUT2D eigenvalue weighted by atomic mass is 35.5. The first-order chi connectivity index (χ1) is 16.8. The van der Waals surface area contributed by atoms with E-state index in [-0.39, 0.29) is 28.7 Å². The van der Waals surface area contributed by atoms with Gasteiger partial charge in [0, 0.05) is 16.4 Å². The molecule has 0 radical (unpaired) electrons. The summed E-state index contributed by atoms with van der Waals surface area (Å²) in [7, 11) is 1.41. The van der Waals surface area contributed by atoms with Crippen LogP contribution in [-0.4, -0.2) is 25.5 Å². The molecule has 2 amide bonds. The highest BCUT2D eigenvalue weighted by molar-refractivity contribution is 6.32. The number of amides is 2. The molecule has 2 N–H and O–H groups in total. The number of hydrogen-bond acceptors (Lipinski definition) is 5. The molecular formula is C26H21Cl2N3O4. The lowest BCUT2D eigenvalue weighted by Gasteiger charge is -2.13. The van der Waals surface area contributed by atoms with E-state index in [9.17, 15) is 14.9 Å². The van der Waals surface area contributed by atoms with Gasteiger partial charge in [0.05, 0.1) is 12.1 Å². The normalized spacial score (nSPS) is 10.8. The van der Waals surface area contributed by atoms with Crippen molar-refractivity contribution in [2.45, 2.75) is 6.92 Å². The van der Waals surface area contributed by atoms with Crippen LogP contribution in [0.15, 0.2) is 66.2 Å². The zero-order valence-corrected chi connectivity index (χ0v) is 20.4. The van der Waals surface area contributed by atoms with Crippen molar-refractivity contribution in [3.05, 3.63) is 87.4 Å². The van der Waals surface area contributed by atoms with E-state index in [0.29, 0.717) is 22.0 Å². The van der Waals surface area contributed by atoms with Crippen LogP contribution in [0.4, 0.5) is 11.4 Å². The summed E-state index contributed by atoms with van der Waals surface area (Å²) in [6.45, 7) is 1.61. The summed E-state index contributed by atoms with van der Waals surface area (Å²) in [6, 6.07) is 18.8. The molecule has 7 nitrogen and oxygen atoms in total. The van der Waals surface area contributed by atoms with Crippen molar-refractivity contribution in [3.63, 3.8) is 0 Å². The molecule has 0 heterocycles. The summed E-state index contributed by atoms with van der Waals surface area (Å²) in [5.41, 5.74) is 2.50. The molecule has 0 spiro atoms. The number of rotatable bonds is 8. The molecule has 0 saturated carbocycles. The fourth-order valence-electron chi connectivity index (χ4n) is 2.98.